The lowest BCUT2D eigenvalue weighted by atomic mass is 10.1. The average molecular weight is 350 g/mol. The van der Waals surface area contributed by atoms with Gasteiger partial charge in [-0.15, -0.1) is 0 Å². The van der Waals surface area contributed by atoms with E-state index in [1.807, 2.05) is 0 Å². The lowest BCUT2D eigenvalue weighted by Gasteiger charge is -2.06. The Morgan fingerprint density at radius 3 is 1.88 bits per heavy atom. The molecule has 2 aromatic rings. The Labute approximate surface area is 138 Å². The summed E-state index contributed by atoms with van der Waals surface area (Å²) in [6, 6.07) is 10.4. The number of benzene rings is 2. The van der Waals surface area contributed by atoms with Crippen LogP contribution in [0.15, 0.2) is 53.4 Å². The fraction of sp³-hybridized carbons (Fsp3) is 0.125. The Morgan fingerprint density at radius 1 is 0.917 bits per heavy atom. The SMILES string of the molecule is CCOC(=O)c1ccc(C(=O)Oc2ccc(S(=O)(=O)O)cc2)cc1. The van der Waals surface area contributed by atoms with Crippen molar-refractivity contribution < 1.29 is 32.0 Å². The van der Waals surface area contributed by atoms with E-state index in [1.54, 1.807) is 6.92 Å². The Hall–Kier alpha value is -2.71. The van der Waals surface area contributed by atoms with E-state index in [-0.39, 0.29) is 22.8 Å². The predicted octanol–water partition coefficient (Wildman–Crippen LogP) is 2.33. The van der Waals surface area contributed by atoms with Gasteiger partial charge in [-0.1, -0.05) is 0 Å². The van der Waals surface area contributed by atoms with Gasteiger partial charge in [-0.2, -0.15) is 8.42 Å². The summed E-state index contributed by atoms with van der Waals surface area (Å²) in [7, 11) is -4.30. The second-order valence-corrected chi connectivity index (χ2v) is 6.06. The first-order valence-corrected chi connectivity index (χ1v) is 8.32. The summed E-state index contributed by atoms with van der Waals surface area (Å²) in [4.78, 5) is 23.2. The van der Waals surface area contributed by atoms with Crippen molar-refractivity contribution in [3.8, 4) is 5.75 Å². The van der Waals surface area contributed by atoms with E-state index in [1.165, 1.54) is 36.4 Å². The molecule has 0 radical (unpaired) electrons. The molecule has 8 heteroatoms. The van der Waals surface area contributed by atoms with Crippen LogP contribution in [0.4, 0.5) is 0 Å². The fourth-order valence-corrected chi connectivity index (χ4v) is 2.28. The highest BCUT2D eigenvalue weighted by molar-refractivity contribution is 7.85. The first kappa shape index (κ1) is 17.6. The lowest BCUT2D eigenvalue weighted by molar-refractivity contribution is 0.0525. The predicted molar refractivity (Wildman–Crippen MR) is 83.6 cm³/mol. The van der Waals surface area contributed by atoms with Gasteiger partial charge >= 0.3 is 11.9 Å². The van der Waals surface area contributed by atoms with Gasteiger partial charge in [-0.05, 0) is 55.5 Å². The zero-order valence-electron chi connectivity index (χ0n) is 12.6. The van der Waals surface area contributed by atoms with Crippen LogP contribution in [0, 0.1) is 0 Å². The number of ether oxygens (including phenoxy) is 2. The van der Waals surface area contributed by atoms with E-state index in [9.17, 15) is 18.0 Å². The number of carbonyl (C=O) groups is 2. The largest absolute Gasteiger partial charge is 0.462 e. The third-order valence-electron chi connectivity index (χ3n) is 2.96. The average Bonchev–Trinajstić information content (AvgIpc) is 2.55. The number of hydrogen-bond donors (Lipinski definition) is 1. The molecule has 0 fully saturated rings. The minimum Gasteiger partial charge on any atom is -0.462 e. The molecule has 7 nitrogen and oxygen atoms in total. The van der Waals surface area contributed by atoms with Crippen LogP contribution in [0.5, 0.6) is 5.75 Å². The molecule has 0 aromatic heterocycles. The molecule has 0 unspecified atom stereocenters. The molecule has 0 bridgehead atoms. The molecular formula is C16H14O7S. The van der Waals surface area contributed by atoms with E-state index in [0.29, 0.717) is 5.56 Å². The smallest absolute Gasteiger partial charge is 0.343 e. The van der Waals surface area contributed by atoms with Gasteiger partial charge in [0, 0.05) is 0 Å². The van der Waals surface area contributed by atoms with Crippen molar-refractivity contribution in [2.24, 2.45) is 0 Å². The third-order valence-corrected chi connectivity index (χ3v) is 3.83. The van der Waals surface area contributed by atoms with E-state index < -0.39 is 22.1 Å². The van der Waals surface area contributed by atoms with Crippen molar-refractivity contribution >= 4 is 22.1 Å². The summed E-state index contributed by atoms with van der Waals surface area (Å²) in [5.74, 6) is -1.05. The van der Waals surface area contributed by atoms with Crippen LogP contribution in [0.3, 0.4) is 0 Å². The van der Waals surface area contributed by atoms with Crippen LogP contribution < -0.4 is 4.74 Å². The van der Waals surface area contributed by atoms with Crippen molar-refractivity contribution in [2.75, 3.05) is 6.61 Å². The second kappa shape index (κ2) is 7.24. The maximum absolute atomic E-state index is 12.0. The number of rotatable bonds is 5. The van der Waals surface area contributed by atoms with Gasteiger partial charge < -0.3 is 9.47 Å². The molecule has 2 rings (SSSR count). The van der Waals surface area contributed by atoms with Crippen molar-refractivity contribution in [3.63, 3.8) is 0 Å². The fourth-order valence-electron chi connectivity index (χ4n) is 1.80. The highest BCUT2D eigenvalue weighted by atomic mass is 32.2. The molecule has 0 saturated carbocycles. The van der Waals surface area contributed by atoms with E-state index in [0.717, 1.165) is 12.1 Å². The van der Waals surface area contributed by atoms with Crippen LogP contribution in [-0.4, -0.2) is 31.5 Å². The molecule has 0 aliphatic heterocycles. The van der Waals surface area contributed by atoms with E-state index >= 15 is 0 Å². The second-order valence-electron chi connectivity index (χ2n) is 4.63. The zero-order valence-corrected chi connectivity index (χ0v) is 13.4. The summed E-state index contributed by atoms with van der Waals surface area (Å²) < 4.78 is 40.7. The quantitative estimate of drug-likeness (QED) is 0.501. The van der Waals surface area contributed by atoms with Crippen molar-refractivity contribution in [3.05, 3.63) is 59.7 Å². The van der Waals surface area contributed by atoms with Gasteiger partial charge in [0.15, 0.2) is 0 Å². The van der Waals surface area contributed by atoms with Crippen molar-refractivity contribution in [1.82, 2.24) is 0 Å². The molecule has 0 saturated heterocycles. The highest BCUT2D eigenvalue weighted by Crippen LogP contribution is 2.17. The molecular weight excluding hydrogens is 336 g/mol. The molecule has 1 N–H and O–H groups in total. The summed E-state index contributed by atoms with van der Waals surface area (Å²) in [6.07, 6.45) is 0. The molecule has 0 amide bonds. The molecule has 0 heterocycles. The molecule has 2 aromatic carbocycles. The standard InChI is InChI=1S/C16H14O7S/c1-2-22-15(17)11-3-5-12(6-4-11)16(18)23-13-7-9-14(10-8-13)24(19,20)21/h3-10H,2H2,1H3,(H,19,20,21). The third kappa shape index (κ3) is 4.40. The molecule has 0 aliphatic carbocycles. The summed E-state index contributed by atoms with van der Waals surface area (Å²) >= 11 is 0. The van der Waals surface area contributed by atoms with E-state index in [4.69, 9.17) is 14.0 Å². The van der Waals surface area contributed by atoms with Gasteiger partial charge in [0.05, 0.1) is 22.6 Å². The van der Waals surface area contributed by atoms with Crippen LogP contribution >= 0.6 is 0 Å². The van der Waals surface area contributed by atoms with Crippen LogP contribution in [0.1, 0.15) is 27.6 Å². The topological polar surface area (TPSA) is 107 Å². The Morgan fingerprint density at radius 2 is 1.42 bits per heavy atom. The van der Waals surface area contributed by atoms with Crippen LogP contribution in [0.25, 0.3) is 0 Å². The normalized spacial score (nSPS) is 10.9. The van der Waals surface area contributed by atoms with E-state index in [2.05, 4.69) is 0 Å². The van der Waals surface area contributed by atoms with Crippen molar-refractivity contribution in [1.29, 1.82) is 0 Å². The molecule has 0 atom stereocenters. The minimum absolute atomic E-state index is 0.113. The monoisotopic (exact) mass is 350 g/mol. The van der Waals surface area contributed by atoms with Crippen LogP contribution in [-0.2, 0) is 14.9 Å². The Kier molecular flexibility index (Phi) is 5.32. The van der Waals surface area contributed by atoms with Gasteiger partial charge in [0.25, 0.3) is 10.1 Å². The molecule has 0 aliphatic rings. The first-order valence-electron chi connectivity index (χ1n) is 6.88. The number of esters is 2. The number of carbonyl (C=O) groups excluding carboxylic acids is 2. The summed E-state index contributed by atoms with van der Waals surface area (Å²) in [5.41, 5.74) is 0.521. The Balaban J connectivity index is 2.08. The lowest BCUT2D eigenvalue weighted by Crippen LogP contribution is -2.10. The molecule has 126 valence electrons. The molecule has 24 heavy (non-hydrogen) atoms. The summed E-state index contributed by atoms with van der Waals surface area (Å²) in [5, 5.41) is 0. The van der Waals surface area contributed by atoms with Gasteiger partial charge in [-0.3, -0.25) is 4.55 Å². The van der Waals surface area contributed by atoms with Gasteiger partial charge in [-0.25, -0.2) is 9.59 Å². The maximum Gasteiger partial charge on any atom is 0.343 e. The maximum atomic E-state index is 12.0. The van der Waals surface area contributed by atoms with Gasteiger partial charge in [0.1, 0.15) is 5.75 Å². The molecule has 0 spiro atoms. The Bertz CT molecular complexity index is 837. The highest BCUT2D eigenvalue weighted by Gasteiger charge is 2.13. The van der Waals surface area contributed by atoms with Crippen LogP contribution in [0.2, 0.25) is 0 Å². The summed E-state index contributed by atoms with van der Waals surface area (Å²) in [6.45, 7) is 1.94. The minimum atomic E-state index is -4.30. The number of hydrogen-bond acceptors (Lipinski definition) is 6. The zero-order chi connectivity index (χ0) is 17.7. The first-order chi connectivity index (χ1) is 11.3. The van der Waals surface area contributed by atoms with Crippen molar-refractivity contribution in [2.45, 2.75) is 11.8 Å². The van der Waals surface area contributed by atoms with Gasteiger partial charge in [0.2, 0.25) is 0 Å².